The van der Waals surface area contributed by atoms with E-state index in [1.807, 2.05) is 23.1 Å². The predicted molar refractivity (Wildman–Crippen MR) is 91.3 cm³/mol. The molecule has 1 aromatic carbocycles. The quantitative estimate of drug-likeness (QED) is 0.867. The third-order valence-corrected chi connectivity index (χ3v) is 4.58. The van der Waals surface area contributed by atoms with Crippen molar-refractivity contribution < 1.29 is 9.53 Å². The van der Waals surface area contributed by atoms with Crippen molar-refractivity contribution >= 4 is 11.8 Å². The maximum atomic E-state index is 12.6. The molecule has 2 aromatic rings. The lowest BCUT2D eigenvalue weighted by atomic mass is 9.70. The molecule has 0 aliphatic carbocycles. The minimum atomic E-state index is -0.701. The highest BCUT2D eigenvalue weighted by atomic mass is 16.5. The predicted octanol–water partition coefficient (Wildman–Crippen LogP) is 1.82. The second-order valence-corrected chi connectivity index (χ2v) is 6.45. The maximum absolute atomic E-state index is 12.6. The summed E-state index contributed by atoms with van der Waals surface area (Å²) in [6.07, 6.45) is 0. The van der Waals surface area contributed by atoms with E-state index in [2.05, 4.69) is 30.1 Å². The van der Waals surface area contributed by atoms with Crippen LogP contribution in [0.3, 0.4) is 0 Å². The first kappa shape index (κ1) is 16.2. The van der Waals surface area contributed by atoms with Gasteiger partial charge in [-0.3, -0.25) is 9.59 Å². The molecule has 126 valence electrons. The molecule has 0 spiro atoms. The van der Waals surface area contributed by atoms with Gasteiger partial charge in [0.1, 0.15) is 11.2 Å². The Morgan fingerprint density at radius 1 is 1.25 bits per heavy atom. The molecular formula is C18H21N3O3. The van der Waals surface area contributed by atoms with Crippen LogP contribution in [0, 0.1) is 0 Å². The van der Waals surface area contributed by atoms with Crippen molar-refractivity contribution in [3.8, 4) is 0 Å². The molecule has 24 heavy (non-hydrogen) atoms. The molecule has 1 aromatic heterocycles. The molecule has 0 saturated carbocycles. The number of anilines is 1. The van der Waals surface area contributed by atoms with Crippen LogP contribution in [0.1, 0.15) is 30.9 Å². The van der Waals surface area contributed by atoms with Crippen LogP contribution in [-0.2, 0) is 14.9 Å². The maximum Gasteiger partial charge on any atom is 0.319 e. The summed E-state index contributed by atoms with van der Waals surface area (Å²) in [5.41, 5.74) is 1.21. The van der Waals surface area contributed by atoms with Crippen LogP contribution >= 0.6 is 0 Å². The summed E-state index contributed by atoms with van der Waals surface area (Å²) < 4.78 is 5.11. The number of aromatic amines is 1. The van der Waals surface area contributed by atoms with Gasteiger partial charge in [-0.2, -0.15) is 5.10 Å². The molecule has 1 fully saturated rings. The van der Waals surface area contributed by atoms with E-state index in [0.717, 1.165) is 11.1 Å². The highest BCUT2D eigenvalue weighted by molar-refractivity contribution is 5.88. The third kappa shape index (κ3) is 2.58. The molecule has 1 aliphatic rings. The number of H-pyrrole nitrogens is 1. The lowest BCUT2D eigenvalue weighted by Gasteiger charge is -2.49. The molecule has 1 aliphatic heterocycles. The summed E-state index contributed by atoms with van der Waals surface area (Å²) >= 11 is 0. The largest absolute Gasteiger partial charge is 0.468 e. The number of esters is 1. The summed E-state index contributed by atoms with van der Waals surface area (Å²) in [4.78, 5) is 25.7. The summed E-state index contributed by atoms with van der Waals surface area (Å²) in [6.45, 7) is 5.18. The molecule has 1 N–H and O–H groups in total. The average molecular weight is 327 g/mol. The van der Waals surface area contributed by atoms with Crippen molar-refractivity contribution in [3.63, 3.8) is 0 Å². The zero-order valence-electron chi connectivity index (χ0n) is 14.1. The SMILES string of the molecule is COC(=O)C1(c2ccccc2C(C)C)CN(c2ccc(=O)[nH]n2)C1. The Balaban J connectivity index is 1.97. The molecule has 2 heterocycles. The minimum Gasteiger partial charge on any atom is -0.468 e. The van der Waals surface area contributed by atoms with Gasteiger partial charge in [-0.15, -0.1) is 0 Å². The van der Waals surface area contributed by atoms with E-state index in [0.29, 0.717) is 24.8 Å². The number of carbonyl (C=O) groups is 1. The van der Waals surface area contributed by atoms with Crippen molar-refractivity contribution in [2.45, 2.75) is 25.2 Å². The Morgan fingerprint density at radius 3 is 2.54 bits per heavy atom. The van der Waals surface area contributed by atoms with Gasteiger partial charge in [0.05, 0.1) is 7.11 Å². The van der Waals surface area contributed by atoms with Crippen LogP contribution in [0.2, 0.25) is 0 Å². The summed E-state index contributed by atoms with van der Waals surface area (Å²) in [6, 6.07) is 11.1. The molecule has 3 rings (SSSR count). The number of rotatable bonds is 4. The van der Waals surface area contributed by atoms with Gasteiger partial charge >= 0.3 is 5.97 Å². The molecular weight excluding hydrogens is 306 g/mol. The number of methoxy groups -OCH3 is 1. The summed E-state index contributed by atoms with van der Waals surface area (Å²) in [5, 5.41) is 6.46. The second-order valence-electron chi connectivity index (χ2n) is 6.45. The van der Waals surface area contributed by atoms with Gasteiger partial charge < -0.3 is 9.64 Å². The Bertz CT molecular complexity index is 787. The first-order valence-electron chi connectivity index (χ1n) is 7.96. The van der Waals surface area contributed by atoms with E-state index in [1.165, 1.54) is 13.2 Å². The molecule has 0 bridgehead atoms. The third-order valence-electron chi connectivity index (χ3n) is 4.58. The smallest absolute Gasteiger partial charge is 0.319 e. The number of aromatic nitrogens is 2. The van der Waals surface area contributed by atoms with E-state index < -0.39 is 5.41 Å². The van der Waals surface area contributed by atoms with Gasteiger partial charge in [-0.05, 0) is 23.1 Å². The second kappa shape index (κ2) is 6.11. The van der Waals surface area contributed by atoms with E-state index in [1.54, 1.807) is 6.07 Å². The van der Waals surface area contributed by atoms with E-state index >= 15 is 0 Å². The fraction of sp³-hybridized carbons (Fsp3) is 0.389. The molecule has 0 atom stereocenters. The average Bonchev–Trinajstić information content (AvgIpc) is 2.55. The fourth-order valence-electron chi connectivity index (χ4n) is 3.32. The number of hydrogen-bond acceptors (Lipinski definition) is 5. The van der Waals surface area contributed by atoms with Crippen LogP contribution in [-0.4, -0.2) is 36.4 Å². The van der Waals surface area contributed by atoms with Gasteiger partial charge in [-0.1, -0.05) is 38.1 Å². The van der Waals surface area contributed by atoms with Crippen molar-refractivity contribution in [3.05, 3.63) is 57.9 Å². The van der Waals surface area contributed by atoms with Crippen LogP contribution in [0.25, 0.3) is 0 Å². The van der Waals surface area contributed by atoms with Crippen molar-refractivity contribution in [1.29, 1.82) is 0 Å². The Kier molecular flexibility index (Phi) is 4.13. The van der Waals surface area contributed by atoms with Gasteiger partial charge in [0.15, 0.2) is 0 Å². The van der Waals surface area contributed by atoms with Gasteiger partial charge in [0.2, 0.25) is 0 Å². The summed E-state index contributed by atoms with van der Waals surface area (Å²) in [7, 11) is 1.42. The number of benzene rings is 1. The summed E-state index contributed by atoms with van der Waals surface area (Å²) in [5.74, 6) is 0.718. The zero-order chi connectivity index (χ0) is 17.3. The number of nitrogens with one attached hydrogen (secondary N) is 1. The van der Waals surface area contributed by atoms with Crippen LogP contribution in [0.15, 0.2) is 41.2 Å². The highest BCUT2D eigenvalue weighted by Gasteiger charge is 2.53. The number of hydrogen-bond donors (Lipinski definition) is 1. The monoisotopic (exact) mass is 327 g/mol. The van der Waals surface area contributed by atoms with Crippen molar-refractivity contribution in [1.82, 2.24) is 10.2 Å². The number of ether oxygens (including phenoxy) is 1. The lowest BCUT2D eigenvalue weighted by Crippen LogP contribution is -2.64. The van der Waals surface area contributed by atoms with Crippen LogP contribution in [0.4, 0.5) is 5.82 Å². The molecule has 1 saturated heterocycles. The van der Waals surface area contributed by atoms with Crippen molar-refractivity contribution in [2.24, 2.45) is 0 Å². The van der Waals surface area contributed by atoms with E-state index in [9.17, 15) is 9.59 Å². The zero-order valence-corrected chi connectivity index (χ0v) is 14.1. The lowest BCUT2D eigenvalue weighted by molar-refractivity contribution is -0.148. The topological polar surface area (TPSA) is 75.3 Å². The molecule has 6 nitrogen and oxygen atoms in total. The first-order valence-corrected chi connectivity index (χ1v) is 7.96. The minimum absolute atomic E-state index is 0.240. The Labute approximate surface area is 140 Å². The standard InChI is InChI=1S/C18H21N3O3/c1-12(2)13-6-4-5-7-14(13)18(17(23)24-3)10-21(11-18)15-8-9-16(22)20-19-15/h4-9,12H,10-11H2,1-3H3,(H,20,22). The van der Waals surface area contributed by atoms with Gasteiger partial charge in [0, 0.05) is 19.2 Å². The molecule has 0 radical (unpaired) electrons. The van der Waals surface area contributed by atoms with Gasteiger partial charge in [0.25, 0.3) is 5.56 Å². The van der Waals surface area contributed by atoms with Crippen LogP contribution < -0.4 is 10.5 Å². The molecule has 0 unspecified atom stereocenters. The highest BCUT2D eigenvalue weighted by Crippen LogP contribution is 2.41. The molecule has 0 amide bonds. The number of carbonyl (C=O) groups excluding carboxylic acids is 1. The first-order chi connectivity index (χ1) is 11.5. The Hall–Kier alpha value is -2.63. The van der Waals surface area contributed by atoms with E-state index in [-0.39, 0.29) is 11.5 Å². The van der Waals surface area contributed by atoms with Crippen LogP contribution in [0.5, 0.6) is 0 Å². The van der Waals surface area contributed by atoms with E-state index in [4.69, 9.17) is 4.74 Å². The van der Waals surface area contributed by atoms with Gasteiger partial charge in [-0.25, -0.2) is 5.10 Å². The Morgan fingerprint density at radius 2 is 1.96 bits per heavy atom. The van der Waals surface area contributed by atoms with Crippen molar-refractivity contribution in [2.75, 3.05) is 25.1 Å². The number of nitrogens with zero attached hydrogens (tertiary/aromatic N) is 2. The normalized spacial score (nSPS) is 15.9. The molecule has 6 heteroatoms. The fourth-order valence-corrected chi connectivity index (χ4v) is 3.32.